The second kappa shape index (κ2) is 7.65. The van der Waals surface area contributed by atoms with E-state index in [0.717, 1.165) is 49.0 Å². The lowest BCUT2D eigenvalue weighted by Crippen LogP contribution is -2.51. The molecule has 0 unspecified atom stereocenters. The first-order valence-electron chi connectivity index (χ1n) is 9.97. The predicted octanol–water partition coefficient (Wildman–Crippen LogP) is 3.02. The van der Waals surface area contributed by atoms with Crippen molar-refractivity contribution < 1.29 is 14.2 Å². The molecule has 26 heavy (non-hydrogen) atoms. The maximum Gasteiger partial charge on any atom is 0.203 e. The van der Waals surface area contributed by atoms with Crippen LogP contribution < -0.4 is 14.2 Å². The summed E-state index contributed by atoms with van der Waals surface area (Å²) in [5.41, 5.74) is 1.22. The molecule has 0 aromatic heterocycles. The van der Waals surface area contributed by atoms with Crippen molar-refractivity contribution in [3.8, 4) is 17.2 Å². The number of methoxy groups -OCH3 is 3. The van der Waals surface area contributed by atoms with Gasteiger partial charge in [-0.15, -0.1) is 0 Å². The van der Waals surface area contributed by atoms with Gasteiger partial charge in [-0.3, -0.25) is 9.80 Å². The third-order valence-corrected chi connectivity index (χ3v) is 6.71. The number of piperazine rings is 1. The molecular formula is C21H32N2O3. The number of benzene rings is 1. The first kappa shape index (κ1) is 17.9. The van der Waals surface area contributed by atoms with E-state index < -0.39 is 0 Å². The lowest BCUT2D eigenvalue weighted by atomic mass is 9.93. The van der Waals surface area contributed by atoms with E-state index in [-0.39, 0.29) is 0 Å². The quantitative estimate of drug-likeness (QED) is 0.779. The highest BCUT2D eigenvalue weighted by Crippen LogP contribution is 2.46. The van der Waals surface area contributed by atoms with Crippen molar-refractivity contribution in [3.05, 3.63) is 17.7 Å². The molecule has 4 rings (SSSR count). The van der Waals surface area contributed by atoms with Crippen molar-refractivity contribution >= 4 is 0 Å². The van der Waals surface area contributed by atoms with Crippen molar-refractivity contribution in [2.75, 3.05) is 47.5 Å². The van der Waals surface area contributed by atoms with Gasteiger partial charge < -0.3 is 14.2 Å². The van der Waals surface area contributed by atoms with Crippen LogP contribution in [0.15, 0.2) is 12.1 Å². The first-order chi connectivity index (χ1) is 12.7. The van der Waals surface area contributed by atoms with Crippen LogP contribution >= 0.6 is 0 Å². The molecule has 0 N–H and O–H groups in total. The van der Waals surface area contributed by atoms with Gasteiger partial charge >= 0.3 is 0 Å². The van der Waals surface area contributed by atoms with Crippen molar-refractivity contribution in [3.63, 3.8) is 0 Å². The Kier molecular flexibility index (Phi) is 5.28. The summed E-state index contributed by atoms with van der Waals surface area (Å²) >= 11 is 0. The Morgan fingerprint density at radius 3 is 2.08 bits per heavy atom. The lowest BCUT2D eigenvalue weighted by molar-refractivity contribution is 0.0679. The van der Waals surface area contributed by atoms with Crippen LogP contribution in [0.5, 0.6) is 17.2 Å². The van der Waals surface area contributed by atoms with E-state index in [1.54, 1.807) is 21.3 Å². The highest BCUT2D eigenvalue weighted by atomic mass is 16.5. The molecule has 2 bridgehead atoms. The minimum atomic E-state index is 0.667. The summed E-state index contributed by atoms with van der Waals surface area (Å²) in [6, 6.07) is 5.02. The third kappa shape index (κ3) is 3.39. The summed E-state index contributed by atoms with van der Waals surface area (Å²) in [6.07, 6.45) is 5.91. The largest absolute Gasteiger partial charge is 0.493 e. The number of fused-ring (bicyclic) bond motifs is 2. The minimum absolute atomic E-state index is 0.667. The second-order valence-corrected chi connectivity index (χ2v) is 8.09. The molecule has 1 saturated heterocycles. The molecule has 0 spiro atoms. The van der Waals surface area contributed by atoms with Crippen molar-refractivity contribution in [2.45, 2.75) is 38.3 Å². The summed E-state index contributed by atoms with van der Waals surface area (Å²) in [7, 11) is 5.00. The number of ether oxygens (including phenoxy) is 3. The molecule has 3 aliphatic rings. The van der Waals surface area contributed by atoms with Gasteiger partial charge in [-0.05, 0) is 48.8 Å². The van der Waals surface area contributed by atoms with Gasteiger partial charge in [0, 0.05) is 38.8 Å². The zero-order chi connectivity index (χ0) is 18.1. The average Bonchev–Trinajstić information content (AvgIpc) is 3.31. The molecule has 5 nitrogen and oxygen atoms in total. The average molecular weight is 360 g/mol. The number of nitrogens with zero attached hydrogens (tertiary/aromatic N) is 2. The monoisotopic (exact) mass is 360 g/mol. The standard InChI is InChI=1S/C21H32N2O3/c1-24-19-12-16(13-20(25-2)21(19)26-3)14-22-6-8-23(9-7-22)18-11-15-4-5-17(18)10-15/h12-13,15,17-18H,4-11,14H2,1-3H3/t15-,17+,18+/m0/s1. The molecule has 5 heteroatoms. The molecule has 1 aliphatic heterocycles. The van der Waals surface area contributed by atoms with Crippen LogP contribution in [-0.4, -0.2) is 63.4 Å². The van der Waals surface area contributed by atoms with Gasteiger partial charge in [-0.2, -0.15) is 0 Å². The normalized spacial score (nSPS) is 29.1. The van der Waals surface area contributed by atoms with Gasteiger partial charge in [0.2, 0.25) is 5.75 Å². The molecule has 0 radical (unpaired) electrons. The summed E-state index contributed by atoms with van der Waals surface area (Å²) in [4.78, 5) is 5.32. The smallest absolute Gasteiger partial charge is 0.203 e. The fraction of sp³-hybridized carbons (Fsp3) is 0.714. The molecule has 3 atom stereocenters. The lowest BCUT2D eigenvalue weighted by Gasteiger charge is -2.41. The van der Waals surface area contributed by atoms with Gasteiger partial charge in [-0.25, -0.2) is 0 Å². The molecule has 1 aromatic carbocycles. The summed E-state index contributed by atoms with van der Waals surface area (Å²) in [5.74, 6) is 4.16. The molecule has 0 amide bonds. The highest BCUT2D eigenvalue weighted by Gasteiger charge is 2.42. The van der Waals surface area contributed by atoms with E-state index in [0.29, 0.717) is 5.75 Å². The molecular weight excluding hydrogens is 328 g/mol. The van der Waals surface area contributed by atoms with Gasteiger partial charge in [-0.1, -0.05) is 6.42 Å². The zero-order valence-electron chi connectivity index (χ0n) is 16.4. The Balaban J connectivity index is 1.37. The SMILES string of the molecule is COc1cc(CN2CCN([C@@H]3C[C@H]4CC[C@@H]3C4)CC2)cc(OC)c1OC. The van der Waals surface area contributed by atoms with E-state index in [2.05, 4.69) is 21.9 Å². The van der Waals surface area contributed by atoms with E-state index in [1.165, 1.54) is 44.3 Å². The predicted molar refractivity (Wildman–Crippen MR) is 102 cm³/mol. The fourth-order valence-electron chi connectivity index (χ4n) is 5.40. The maximum absolute atomic E-state index is 5.49. The summed E-state index contributed by atoms with van der Waals surface area (Å²) in [6.45, 7) is 5.63. The van der Waals surface area contributed by atoms with Crippen LogP contribution in [0, 0.1) is 11.8 Å². The number of hydrogen-bond donors (Lipinski definition) is 0. The number of hydrogen-bond acceptors (Lipinski definition) is 5. The Bertz CT molecular complexity index is 603. The third-order valence-electron chi connectivity index (χ3n) is 6.71. The molecule has 3 fully saturated rings. The van der Waals surface area contributed by atoms with Crippen LogP contribution in [0.1, 0.15) is 31.2 Å². The summed E-state index contributed by atoms with van der Waals surface area (Å²) < 4.78 is 16.4. The Labute approximate surface area is 157 Å². The Morgan fingerprint density at radius 1 is 0.885 bits per heavy atom. The maximum atomic E-state index is 5.49. The van der Waals surface area contributed by atoms with E-state index in [4.69, 9.17) is 14.2 Å². The van der Waals surface area contributed by atoms with Crippen molar-refractivity contribution in [2.24, 2.45) is 11.8 Å². The summed E-state index contributed by atoms with van der Waals surface area (Å²) in [5, 5.41) is 0. The topological polar surface area (TPSA) is 34.2 Å². The van der Waals surface area contributed by atoms with Crippen LogP contribution in [0.2, 0.25) is 0 Å². The van der Waals surface area contributed by atoms with Crippen LogP contribution in [0.3, 0.4) is 0 Å². The Hall–Kier alpha value is -1.46. The number of rotatable bonds is 6. The zero-order valence-corrected chi connectivity index (χ0v) is 16.4. The molecule has 2 saturated carbocycles. The fourth-order valence-corrected chi connectivity index (χ4v) is 5.40. The van der Waals surface area contributed by atoms with Crippen molar-refractivity contribution in [1.29, 1.82) is 0 Å². The molecule has 2 aliphatic carbocycles. The van der Waals surface area contributed by atoms with Crippen molar-refractivity contribution in [1.82, 2.24) is 9.80 Å². The van der Waals surface area contributed by atoms with Gasteiger partial charge in [0.1, 0.15) is 0 Å². The van der Waals surface area contributed by atoms with E-state index in [1.807, 2.05) is 0 Å². The van der Waals surface area contributed by atoms with E-state index >= 15 is 0 Å². The van der Waals surface area contributed by atoms with Crippen LogP contribution in [-0.2, 0) is 6.54 Å². The van der Waals surface area contributed by atoms with Gasteiger partial charge in [0.25, 0.3) is 0 Å². The van der Waals surface area contributed by atoms with E-state index in [9.17, 15) is 0 Å². The van der Waals surface area contributed by atoms with Gasteiger partial charge in [0.05, 0.1) is 21.3 Å². The first-order valence-corrected chi connectivity index (χ1v) is 9.97. The highest BCUT2D eigenvalue weighted by molar-refractivity contribution is 5.53. The molecule has 144 valence electrons. The molecule has 1 aromatic rings. The Morgan fingerprint density at radius 2 is 1.58 bits per heavy atom. The van der Waals surface area contributed by atoms with Gasteiger partial charge in [0.15, 0.2) is 11.5 Å². The second-order valence-electron chi connectivity index (χ2n) is 8.09. The van der Waals surface area contributed by atoms with Crippen LogP contribution in [0.4, 0.5) is 0 Å². The van der Waals surface area contributed by atoms with Crippen LogP contribution in [0.25, 0.3) is 0 Å². The molecule has 1 heterocycles. The minimum Gasteiger partial charge on any atom is -0.493 e.